The summed E-state index contributed by atoms with van der Waals surface area (Å²) in [6, 6.07) is 7.36. The van der Waals surface area contributed by atoms with E-state index in [2.05, 4.69) is 0 Å². The number of carbonyl (C=O) groups is 1. The van der Waals surface area contributed by atoms with Gasteiger partial charge in [0.25, 0.3) is 5.91 Å². The highest BCUT2D eigenvalue weighted by Crippen LogP contribution is 2.22. The summed E-state index contributed by atoms with van der Waals surface area (Å²) >= 11 is 0. The van der Waals surface area contributed by atoms with Crippen molar-refractivity contribution in [1.29, 1.82) is 0 Å². The van der Waals surface area contributed by atoms with Gasteiger partial charge in [-0.3, -0.25) is 4.79 Å². The lowest BCUT2D eigenvalue weighted by molar-refractivity contribution is 0.0599. The van der Waals surface area contributed by atoms with Crippen LogP contribution in [-0.4, -0.2) is 57.4 Å². The molecule has 0 unspecified atom stereocenters. The van der Waals surface area contributed by atoms with Crippen molar-refractivity contribution in [1.82, 2.24) is 4.90 Å². The van der Waals surface area contributed by atoms with Crippen LogP contribution in [0.1, 0.15) is 16.8 Å². The van der Waals surface area contributed by atoms with Crippen LogP contribution < -0.4 is 4.74 Å². The van der Waals surface area contributed by atoms with Gasteiger partial charge in [-0.1, -0.05) is 12.1 Å². The quantitative estimate of drug-likeness (QED) is 0.711. The number of ether oxygens (including phenoxy) is 3. The highest BCUT2D eigenvalue weighted by atomic mass is 16.5. The molecule has 110 valence electrons. The maximum absolute atomic E-state index is 12.4. The van der Waals surface area contributed by atoms with E-state index >= 15 is 0 Å². The molecular weight excluding hydrogens is 258 g/mol. The Morgan fingerprint density at radius 2 is 2.10 bits per heavy atom. The Morgan fingerprint density at radius 3 is 2.95 bits per heavy atom. The third-order valence-electron chi connectivity index (χ3n) is 3.17. The first-order valence-electron chi connectivity index (χ1n) is 6.90. The van der Waals surface area contributed by atoms with Crippen molar-refractivity contribution in [3.8, 4) is 5.75 Å². The lowest BCUT2D eigenvalue weighted by Gasteiger charge is -2.19. The zero-order valence-electron chi connectivity index (χ0n) is 11.8. The van der Waals surface area contributed by atoms with Crippen LogP contribution in [0.3, 0.4) is 0 Å². The Morgan fingerprint density at radius 1 is 1.25 bits per heavy atom. The summed E-state index contributed by atoms with van der Waals surface area (Å²) in [7, 11) is 1.67. The molecule has 2 rings (SSSR count). The third-order valence-corrected chi connectivity index (χ3v) is 3.17. The maximum atomic E-state index is 12.4. The smallest absolute Gasteiger partial charge is 0.257 e. The number of fused-ring (bicyclic) bond motifs is 1. The zero-order valence-corrected chi connectivity index (χ0v) is 11.8. The van der Waals surface area contributed by atoms with Crippen molar-refractivity contribution in [2.75, 3.05) is 46.6 Å². The molecule has 0 atom stereocenters. The van der Waals surface area contributed by atoms with Crippen molar-refractivity contribution in [2.45, 2.75) is 6.42 Å². The fourth-order valence-electron chi connectivity index (χ4n) is 2.10. The lowest BCUT2D eigenvalue weighted by atomic mass is 10.2. The van der Waals surface area contributed by atoms with Crippen molar-refractivity contribution in [3.05, 3.63) is 29.8 Å². The topological polar surface area (TPSA) is 48.0 Å². The van der Waals surface area contributed by atoms with Crippen LogP contribution in [0.2, 0.25) is 0 Å². The van der Waals surface area contributed by atoms with Gasteiger partial charge in [-0.05, 0) is 18.6 Å². The van der Waals surface area contributed by atoms with Crippen LogP contribution in [0.25, 0.3) is 0 Å². The Labute approximate surface area is 119 Å². The summed E-state index contributed by atoms with van der Waals surface area (Å²) in [5.41, 5.74) is 0.629. The SMILES string of the molecule is COCCCOCCN1CCOc2ccccc2C1=O. The fraction of sp³-hybridized carbons (Fsp3) is 0.533. The number of hydrogen-bond acceptors (Lipinski definition) is 4. The van der Waals surface area contributed by atoms with Crippen LogP contribution in [0, 0.1) is 0 Å². The van der Waals surface area contributed by atoms with E-state index in [1.165, 1.54) is 0 Å². The second-order valence-electron chi connectivity index (χ2n) is 4.60. The molecule has 5 nitrogen and oxygen atoms in total. The van der Waals surface area contributed by atoms with Gasteiger partial charge in [-0.25, -0.2) is 0 Å². The van der Waals surface area contributed by atoms with Crippen molar-refractivity contribution >= 4 is 5.91 Å². The first kappa shape index (κ1) is 14.8. The van der Waals surface area contributed by atoms with Gasteiger partial charge in [0, 0.05) is 26.9 Å². The first-order chi connectivity index (χ1) is 9.83. The summed E-state index contributed by atoms with van der Waals surface area (Å²) in [5.74, 6) is 0.680. The molecule has 0 saturated carbocycles. The van der Waals surface area contributed by atoms with Gasteiger partial charge in [-0.15, -0.1) is 0 Å². The van der Waals surface area contributed by atoms with Gasteiger partial charge in [-0.2, -0.15) is 0 Å². The molecule has 0 spiro atoms. The standard InChI is InChI=1S/C15H21NO4/c1-18-9-4-10-19-11-7-16-8-12-20-14-6-3-2-5-13(14)15(16)17/h2-3,5-6H,4,7-12H2,1H3. The van der Waals surface area contributed by atoms with E-state index < -0.39 is 0 Å². The molecule has 1 aromatic rings. The second-order valence-corrected chi connectivity index (χ2v) is 4.60. The van der Waals surface area contributed by atoms with Gasteiger partial charge < -0.3 is 19.1 Å². The Balaban J connectivity index is 1.82. The van der Waals surface area contributed by atoms with E-state index in [1.807, 2.05) is 18.2 Å². The normalized spacial score (nSPS) is 14.7. The number of benzene rings is 1. The molecule has 0 aromatic heterocycles. The molecule has 0 aliphatic carbocycles. The van der Waals surface area contributed by atoms with E-state index in [0.717, 1.165) is 6.42 Å². The summed E-state index contributed by atoms with van der Waals surface area (Å²) < 4.78 is 16.0. The molecule has 1 heterocycles. The highest BCUT2D eigenvalue weighted by molar-refractivity contribution is 5.97. The number of amides is 1. The molecule has 0 fully saturated rings. The van der Waals surface area contributed by atoms with Gasteiger partial charge in [0.15, 0.2) is 0 Å². The predicted molar refractivity (Wildman–Crippen MR) is 75.2 cm³/mol. The Hall–Kier alpha value is -1.59. The van der Waals surface area contributed by atoms with Crippen molar-refractivity contribution < 1.29 is 19.0 Å². The minimum absolute atomic E-state index is 0.0126. The fourth-order valence-corrected chi connectivity index (χ4v) is 2.10. The molecule has 1 aliphatic heterocycles. The van der Waals surface area contributed by atoms with E-state index in [4.69, 9.17) is 14.2 Å². The molecule has 1 aromatic carbocycles. The summed E-state index contributed by atoms with van der Waals surface area (Å²) in [6.07, 6.45) is 0.871. The molecular formula is C15H21NO4. The van der Waals surface area contributed by atoms with Gasteiger partial charge in [0.1, 0.15) is 12.4 Å². The van der Waals surface area contributed by atoms with Gasteiger partial charge in [0.2, 0.25) is 0 Å². The van der Waals surface area contributed by atoms with Gasteiger partial charge in [0.05, 0.1) is 18.7 Å². The van der Waals surface area contributed by atoms with Crippen molar-refractivity contribution in [2.24, 2.45) is 0 Å². The summed E-state index contributed by atoms with van der Waals surface area (Å²) in [5, 5.41) is 0. The van der Waals surface area contributed by atoms with Crippen molar-refractivity contribution in [3.63, 3.8) is 0 Å². The molecule has 5 heteroatoms. The summed E-state index contributed by atoms with van der Waals surface area (Å²) in [4.78, 5) is 14.2. The zero-order chi connectivity index (χ0) is 14.2. The Kier molecular flexibility index (Phi) is 5.83. The average Bonchev–Trinajstić information content (AvgIpc) is 2.63. The number of hydrogen-bond donors (Lipinski definition) is 0. The molecule has 0 N–H and O–H groups in total. The molecule has 1 amide bonds. The molecule has 0 bridgehead atoms. The highest BCUT2D eigenvalue weighted by Gasteiger charge is 2.22. The van der Waals surface area contributed by atoms with E-state index in [0.29, 0.717) is 50.8 Å². The molecule has 1 aliphatic rings. The van der Waals surface area contributed by atoms with E-state index in [9.17, 15) is 4.79 Å². The monoisotopic (exact) mass is 279 g/mol. The minimum Gasteiger partial charge on any atom is -0.491 e. The number of carbonyl (C=O) groups excluding carboxylic acids is 1. The lowest BCUT2D eigenvalue weighted by Crippen LogP contribution is -2.35. The third kappa shape index (κ3) is 3.95. The predicted octanol–water partition coefficient (Wildman–Crippen LogP) is 1.57. The largest absolute Gasteiger partial charge is 0.491 e. The van der Waals surface area contributed by atoms with Crippen LogP contribution in [0.15, 0.2) is 24.3 Å². The number of para-hydroxylation sites is 1. The average molecular weight is 279 g/mol. The van der Waals surface area contributed by atoms with E-state index in [1.54, 1.807) is 18.1 Å². The van der Waals surface area contributed by atoms with Crippen LogP contribution in [0.4, 0.5) is 0 Å². The van der Waals surface area contributed by atoms with Gasteiger partial charge >= 0.3 is 0 Å². The van der Waals surface area contributed by atoms with Crippen LogP contribution >= 0.6 is 0 Å². The van der Waals surface area contributed by atoms with E-state index in [-0.39, 0.29) is 5.91 Å². The molecule has 0 radical (unpaired) electrons. The molecule has 20 heavy (non-hydrogen) atoms. The van der Waals surface area contributed by atoms with Crippen LogP contribution in [-0.2, 0) is 9.47 Å². The Bertz CT molecular complexity index is 436. The number of rotatable bonds is 7. The minimum atomic E-state index is 0.0126. The summed E-state index contributed by atoms with van der Waals surface area (Å²) in [6.45, 7) is 3.59. The second kappa shape index (κ2) is 7.87. The molecule has 0 saturated heterocycles. The maximum Gasteiger partial charge on any atom is 0.257 e. The van der Waals surface area contributed by atoms with Crippen LogP contribution in [0.5, 0.6) is 5.75 Å². The number of methoxy groups -OCH3 is 1. The number of nitrogens with zero attached hydrogens (tertiary/aromatic N) is 1. The first-order valence-corrected chi connectivity index (χ1v) is 6.90.